The molecule has 0 bridgehead atoms. The zero-order chi connectivity index (χ0) is 13.0. The van der Waals surface area contributed by atoms with Gasteiger partial charge in [0.05, 0.1) is 0 Å². The van der Waals surface area contributed by atoms with Crippen molar-refractivity contribution >= 4 is 5.69 Å². The van der Waals surface area contributed by atoms with Crippen LogP contribution in [0.15, 0.2) is 18.2 Å². The standard InChI is InChI=1S/C16H26N2/c1-13-7-6-9-16(14(13)2)18(3)12-10-15-8-4-5-11-17-15/h6-7,9,15,17H,4-5,8,10-12H2,1-3H3. The predicted molar refractivity (Wildman–Crippen MR) is 79.4 cm³/mol. The van der Waals surface area contributed by atoms with Crippen molar-refractivity contribution in [2.45, 2.75) is 45.6 Å². The zero-order valence-corrected chi connectivity index (χ0v) is 12.0. The average molecular weight is 246 g/mol. The van der Waals surface area contributed by atoms with Gasteiger partial charge in [-0.2, -0.15) is 0 Å². The van der Waals surface area contributed by atoms with Crippen molar-refractivity contribution in [1.82, 2.24) is 5.32 Å². The highest BCUT2D eigenvalue weighted by atomic mass is 15.1. The van der Waals surface area contributed by atoms with E-state index in [0.717, 1.165) is 12.6 Å². The minimum atomic E-state index is 0.728. The van der Waals surface area contributed by atoms with Crippen molar-refractivity contribution in [3.8, 4) is 0 Å². The second kappa shape index (κ2) is 6.24. The molecule has 0 spiro atoms. The Morgan fingerprint density at radius 2 is 2.11 bits per heavy atom. The first-order chi connectivity index (χ1) is 8.68. The summed E-state index contributed by atoms with van der Waals surface area (Å²) >= 11 is 0. The fraction of sp³-hybridized carbons (Fsp3) is 0.625. The molecule has 1 atom stereocenters. The molecule has 1 saturated heterocycles. The second-order valence-corrected chi connectivity index (χ2v) is 5.58. The number of anilines is 1. The number of piperidine rings is 1. The molecule has 1 aromatic carbocycles. The van der Waals surface area contributed by atoms with E-state index in [0.29, 0.717) is 0 Å². The fourth-order valence-corrected chi connectivity index (χ4v) is 2.79. The Morgan fingerprint density at radius 3 is 2.83 bits per heavy atom. The summed E-state index contributed by atoms with van der Waals surface area (Å²) in [7, 11) is 2.21. The second-order valence-electron chi connectivity index (χ2n) is 5.58. The first-order valence-corrected chi connectivity index (χ1v) is 7.19. The molecule has 2 nitrogen and oxygen atoms in total. The van der Waals surface area contributed by atoms with Gasteiger partial charge >= 0.3 is 0 Å². The Labute approximate surface area is 111 Å². The normalized spacial score (nSPS) is 19.8. The van der Waals surface area contributed by atoms with Crippen LogP contribution in [0.4, 0.5) is 5.69 Å². The highest BCUT2D eigenvalue weighted by Crippen LogP contribution is 2.22. The van der Waals surface area contributed by atoms with Gasteiger partial charge in [0, 0.05) is 25.3 Å². The number of benzene rings is 1. The first-order valence-electron chi connectivity index (χ1n) is 7.19. The largest absolute Gasteiger partial charge is 0.374 e. The minimum Gasteiger partial charge on any atom is -0.374 e. The summed E-state index contributed by atoms with van der Waals surface area (Å²) in [6.07, 6.45) is 5.35. The van der Waals surface area contributed by atoms with E-state index in [1.54, 1.807) is 0 Å². The molecule has 1 N–H and O–H groups in total. The number of nitrogens with zero attached hydrogens (tertiary/aromatic N) is 1. The topological polar surface area (TPSA) is 15.3 Å². The molecular formula is C16H26N2. The molecule has 1 unspecified atom stereocenters. The van der Waals surface area contributed by atoms with Gasteiger partial charge < -0.3 is 10.2 Å². The average Bonchev–Trinajstić information content (AvgIpc) is 2.40. The third-order valence-corrected chi connectivity index (χ3v) is 4.21. The molecule has 100 valence electrons. The smallest absolute Gasteiger partial charge is 0.0395 e. The lowest BCUT2D eigenvalue weighted by molar-refractivity contribution is 0.384. The Morgan fingerprint density at radius 1 is 1.28 bits per heavy atom. The Hall–Kier alpha value is -1.02. The molecule has 1 fully saturated rings. The van der Waals surface area contributed by atoms with Crippen LogP contribution in [0.3, 0.4) is 0 Å². The minimum absolute atomic E-state index is 0.728. The van der Waals surface area contributed by atoms with Crippen molar-refractivity contribution in [2.24, 2.45) is 0 Å². The molecule has 2 heteroatoms. The highest BCUT2D eigenvalue weighted by Gasteiger charge is 2.13. The van der Waals surface area contributed by atoms with E-state index in [9.17, 15) is 0 Å². The van der Waals surface area contributed by atoms with Crippen LogP contribution in [0.2, 0.25) is 0 Å². The van der Waals surface area contributed by atoms with Crippen LogP contribution in [0.1, 0.15) is 36.8 Å². The maximum Gasteiger partial charge on any atom is 0.0395 e. The SMILES string of the molecule is Cc1cccc(N(C)CCC2CCCCN2)c1C. The molecule has 1 heterocycles. The number of rotatable bonds is 4. The molecule has 1 aliphatic heterocycles. The van der Waals surface area contributed by atoms with E-state index in [2.05, 4.69) is 49.3 Å². The number of aryl methyl sites for hydroxylation is 1. The maximum absolute atomic E-state index is 3.63. The molecular weight excluding hydrogens is 220 g/mol. The summed E-state index contributed by atoms with van der Waals surface area (Å²) in [5.74, 6) is 0. The monoisotopic (exact) mass is 246 g/mol. The maximum atomic E-state index is 3.63. The van der Waals surface area contributed by atoms with Crippen molar-refractivity contribution in [2.75, 3.05) is 25.0 Å². The Kier molecular flexibility index (Phi) is 4.65. The highest BCUT2D eigenvalue weighted by molar-refractivity contribution is 5.55. The Balaban J connectivity index is 1.90. The third kappa shape index (κ3) is 3.26. The van der Waals surface area contributed by atoms with E-state index in [1.807, 2.05) is 0 Å². The molecule has 0 aromatic heterocycles. The van der Waals surface area contributed by atoms with Crippen LogP contribution < -0.4 is 10.2 Å². The van der Waals surface area contributed by atoms with Gasteiger partial charge in [-0.1, -0.05) is 18.6 Å². The lowest BCUT2D eigenvalue weighted by Crippen LogP contribution is -2.36. The van der Waals surface area contributed by atoms with Crippen LogP contribution in [0.5, 0.6) is 0 Å². The van der Waals surface area contributed by atoms with Gasteiger partial charge in [0.2, 0.25) is 0 Å². The van der Waals surface area contributed by atoms with Crippen LogP contribution in [0.25, 0.3) is 0 Å². The van der Waals surface area contributed by atoms with Crippen LogP contribution in [-0.4, -0.2) is 26.2 Å². The van der Waals surface area contributed by atoms with Gasteiger partial charge in [0.25, 0.3) is 0 Å². The molecule has 0 amide bonds. The van der Waals surface area contributed by atoms with E-state index in [1.165, 1.54) is 49.0 Å². The van der Waals surface area contributed by atoms with Crippen molar-refractivity contribution < 1.29 is 0 Å². The lowest BCUT2D eigenvalue weighted by atomic mass is 10.0. The van der Waals surface area contributed by atoms with E-state index < -0.39 is 0 Å². The molecule has 18 heavy (non-hydrogen) atoms. The summed E-state index contributed by atoms with van der Waals surface area (Å²) in [5, 5.41) is 3.63. The molecule has 2 rings (SSSR count). The summed E-state index contributed by atoms with van der Waals surface area (Å²) in [6, 6.07) is 7.31. The van der Waals surface area contributed by atoms with Crippen molar-refractivity contribution in [3.63, 3.8) is 0 Å². The van der Waals surface area contributed by atoms with Gasteiger partial charge in [-0.05, 0) is 56.8 Å². The summed E-state index contributed by atoms with van der Waals surface area (Å²) in [5.41, 5.74) is 4.18. The molecule has 1 aromatic rings. The fourth-order valence-electron chi connectivity index (χ4n) is 2.79. The Bertz CT molecular complexity index is 381. The number of hydrogen-bond donors (Lipinski definition) is 1. The quantitative estimate of drug-likeness (QED) is 0.877. The first kappa shape index (κ1) is 13.4. The molecule has 0 aliphatic carbocycles. The third-order valence-electron chi connectivity index (χ3n) is 4.21. The van der Waals surface area contributed by atoms with Gasteiger partial charge in [0.1, 0.15) is 0 Å². The summed E-state index contributed by atoms with van der Waals surface area (Å²) in [4.78, 5) is 2.40. The van der Waals surface area contributed by atoms with Crippen molar-refractivity contribution in [3.05, 3.63) is 29.3 Å². The lowest BCUT2D eigenvalue weighted by Gasteiger charge is -2.28. The van der Waals surface area contributed by atoms with Gasteiger partial charge in [-0.3, -0.25) is 0 Å². The van der Waals surface area contributed by atoms with Gasteiger partial charge in [-0.25, -0.2) is 0 Å². The van der Waals surface area contributed by atoms with Gasteiger partial charge in [-0.15, -0.1) is 0 Å². The number of hydrogen-bond acceptors (Lipinski definition) is 2. The van der Waals surface area contributed by atoms with Crippen LogP contribution in [-0.2, 0) is 0 Å². The summed E-state index contributed by atoms with van der Waals surface area (Å²) < 4.78 is 0. The van der Waals surface area contributed by atoms with E-state index in [-0.39, 0.29) is 0 Å². The van der Waals surface area contributed by atoms with E-state index >= 15 is 0 Å². The molecule has 0 saturated carbocycles. The predicted octanol–water partition coefficient (Wildman–Crippen LogP) is 3.27. The van der Waals surface area contributed by atoms with Gasteiger partial charge in [0.15, 0.2) is 0 Å². The zero-order valence-electron chi connectivity index (χ0n) is 12.0. The number of nitrogens with one attached hydrogen (secondary N) is 1. The molecule has 0 radical (unpaired) electrons. The van der Waals surface area contributed by atoms with Crippen LogP contribution in [0, 0.1) is 13.8 Å². The van der Waals surface area contributed by atoms with Crippen molar-refractivity contribution in [1.29, 1.82) is 0 Å². The molecule has 1 aliphatic rings. The van der Waals surface area contributed by atoms with Crippen LogP contribution >= 0.6 is 0 Å². The summed E-state index contributed by atoms with van der Waals surface area (Å²) in [6.45, 7) is 6.76. The van der Waals surface area contributed by atoms with E-state index in [4.69, 9.17) is 0 Å².